The average molecular weight is 1750 g/mol. The minimum Gasteiger partial charge on any atom is -0.475 e. The molecule has 1 aliphatic carbocycles. The first kappa shape index (κ1) is 95.2. The van der Waals surface area contributed by atoms with E-state index in [0.29, 0.717) is 5.25 Å². The number of allylic oxidation sites excluding steroid dienone is 2. The molecule has 0 radical (unpaired) electrons. The molecule has 0 amide bonds. The lowest BCUT2D eigenvalue weighted by atomic mass is 9.87. The fourth-order valence-corrected chi connectivity index (χ4v) is 26.2. The van der Waals surface area contributed by atoms with Gasteiger partial charge in [-0.3, -0.25) is 0 Å². The summed E-state index contributed by atoms with van der Waals surface area (Å²) in [7, 11) is -0.286. The highest BCUT2D eigenvalue weighted by Crippen LogP contribution is 2.44. The van der Waals surface area contributed by atoms with E-state index in [1.54, 1.807) is 0 Å². The van der Waals surface area contributed by atoms with Gasteiger partial charge in [0, 0.05) is 5.56 Å². The lowest BCUT2D eigenvalue weighted by Gasteiger charge is -2.30. The van der Waals surface area contributed by atoms with Gasteiger partial charge in [0.2, 0.25) is 4.90 Å². The third kappa shape index (κ3) is 25.1. The molecule has 126 heavy (non-hydrogen) atoms. The van der Waals surface area contributed by atoms with Crippen LogP contribution in [0.25, 0.3) is 0 Å². The molecule has 3 atom stereocenters. The van der Waals surface area contributed by atoms with Crippen LogP contribution in [0.1, 0.15) is 195 Å². The molecule has 1 nitrogen and oxygen atoms in total. The molecule has 0 spiro atoms. The number of ether oxygens (including phenoxy) is 1. The van der Waals surface area contributed by atoms with Gasteiger partial charge in [-0.05, 0) is 267 Å². The van der Waals surface area contributed by atoms with Gasteiger partial charge < -0.3 is 4.74 Å². The first-order valence-corrected chi connectivity index (χ1v) is 50.8. The van der Waals surface area contributed by atoms with Crippen LogP contribution in [-0.2, 0) is 92.4 Å². The van der Waals surface area contributed by atoms with Crippen molar-refractivity contribution in [1.29, 1.82) is 0 Å². The van der Waals surface area contributed by atoms with Crippen LogP contribution in [-0.4, -0.2) is 11.4 Å². The quantitative estimate of drug-likeness (QED) is 0.105. The predicted octanol–water partition coefficient (Wildman–Crippen LogP) is 32.8. The van der Waals surface area contributed by atoms with E-state index in [0.717, 1.165) is 5.75 Å². The molecule has 3 unspecified atom stereocenters. The second-order valence-electron chi connectivity index (χ2n) is 40.1. The second kappa shape index (κ2) is 41.5. The molecule has 14 aromatic carbocycles. The van der Waals surface area contributed by atoms with Crippen LogP contribution in [0.2, 0.25) is 0 Å². The summed E-state index contributed by atoms with van der Waals surface area (Å²) in [6.07, 6.45) is 8.84. The number of hydrogen-bond acceptors (Lipinski definition) is 1. The Morgan fingerprint density at radius 2 is 0.460 bits per heavy atom. The van der Waals surface area contributed by atoms with Gasteiger partial charge in [-0.1, -0.05) is 363 Å². The van der Waals surface area contributed by atoms with Crippen molar-refractivity contribution in [3.8, 4) is 5.75 Å². The number of fused-ring (bicyclic) bond motifs is 2. The Balaban J connectivity index is 0.000000144. The fraction of sp³-hybridized carbons (Fsp3) is 0.267. The first-order chi connectivity index (χ1) is 59.8. The zero-order chi connectivity index (χ0) is 90.4. The highest BCUT2D eigenvalue weighted by Gasteiger charge is 2.47. The van der Waals surface area contributed by atoms with E-state index in [-0.39, 0.29) is 98.5 Å². The normalized spacial score (nSPS) is 14.5. The SMILES string of the molecule is C1=CC2Oc3ccccc3[S+](c3ccccc3)C2C=C1.CC(C)(C)c1ccc([S+](c2ccc(C(C)(C)C)cc2)c2ccc(C(C)(C)C)cc2)cc1.CC(C)(C)c1ccc([S+](c2ccccc2)c2ccc(C(C)(C)C)cc2)cc1.CC(C)(C)c1ccc([S+](c2ccccc2)c2ccc(C(C)(C)C)cc2)cc1.Cc1ccc([S+](c2ccccc2)c2ccccc2)c(C)c1. The lowest BCUT2D eigenvalue weighted by Crippen LogP contribution is -2.40. The minimum atomic E-state index is -0.120. The van der Waals surface area contributed by atoms with Gasteiger partial charge in [-0.15, -0.1) is 0 Å². The van der Waals surface area contributed by atoms with Crippen molar-refractivity contribution in [3.05, 3.63) is 438 Å². The Labute approximate surface area is 774 Å². The summed E-state index contributed by atoms with van der Waals surface area (Å²) in [6.45, 7) is 52.1. The molecule has 6 heteroatoms. The molecule has 0 bridgehead atoms. The van der Waals surface area contributed by atoms with Gasteiger partial charge >= 0.3 is 0 Å². The largest absolute Gasteiger partial charge is 0.475 e. The molecule has 1 aliphatic heterocycles. The van der Waals surface area contributed by atoms with Gasteiger partial charge in [-0.25, -0.2) is 0 Å². The molecule has 14 aromatic rings. The monoisotopic (exact) mass is 1750 g/mol. The highest BCUT2D eigenvalue weighted by molar-refractivity contribution is 7.98. The van der Waals surface area contributed by atoms with Gasteiger partial charge in [0.1, 0.15) is 0 Å². The third-order valence-corrected chi connectivity index (χ3v) is 34.5. The topological polar surface area (TPSA) is 9.23 Å². The molecule has 0 saturated carbocycles. The predicted molar refractivity (Wildman–Crippen MR) is 550 cm³/mol. The Bertz CT molecular complexity index is 5350. The summed E-state index contributed by atoms with van der Waals surface area (Å²) in [5.74, 6) is 1.03. The second-order valence-corrected chi connectivity index (χ2v) is 50.3. The molecule has 0 fully saturated rings. The maximum absolute atomic E-state index is 6.16. The number of aryl methyl sites for hydroxylation is 2. The van der Waals surface area contributed by atoms with Crippen molar-refractivity contribution >= 4 is 54.5 Å². The van der Waals surface area contributed by atoms with Crippen molar-refractivity contribution < 1.29 is 4.74 Å². The van der Waals surface area contributed by atoms with E-state index < -0.39 is 0 Å². The maximum Gasteiger partial charge on any atom is 0.203 e. The molecule has 1 heterocycles. The van der Waals surface area contributed by atoms with Crippen LogP contribution in [0.3, 0.4) is 0 Å². The van der Waals surface area contributed by atoms with Gasteiger partial charge in [-0.2, -0.15) is 0 Å². The third-order valence-electron chi connectivity index (χ3n) is 22.8. The van der Waals surface area contributed by atoms with Gasteiger partial charge in [0.25, 0.3) is 0 Å². The lowest BCUT2D eigenvalue weighted by molar-refractivity contribution is 0.242. The molecule has 0 saturated heterocycles. The summed E-state index contributed by atoms with van der Waals surface area (Å²) in [4.78, 5) is 19.2. The number of rotatable bonds is 13. The van der Waals surface area contributed by atoms with E-state index in [1.807, 2.05) is 6.07 Å². The van der Waals surface area contributed by atoms with Crippen LogP contribution in [0.15, 0.2) is 457 Å². The van der Waals surface area contributed by atoms with E-state index in [4.69, 9.17) is 4.74 Å². The van der Waals surface area contributed by atoms with Gasteiger partial charge in [0.15, 0.2) is 80.7 Å². The zero-order valence-corrected chi connectivity index (χ0v) is 83.1. The maximum atomic E-state index is 6.16. The van der Waals surface area contributed by atoms with Gasteiger partial charge in [0.05, 0.1) is 54.5 Å². The van der Waals surface area contributed by atoms with E-state index in [1.165, 1.54) is 119 Å². The standard InChI is InChI=1S/C30H39S.2C26H31S.C20H19S.C18H15OS/c1-28(2,3)22-10-16-25(17-11-22)31(26-18-12-23(13-19-26)29(4,5)6)27-20-14-24(15-21-27)30(7,8)9;2*1-25(2,3)20-12-16-23(17-13-20)27(22-10-8-7-9-11-22)24-18-14-21(15-19-24)26(4,5)6;1-16-13-14-20(17(2)15-16)21(18-9-5-3-6-10-18)19-11-7-4-8-12-19;1-2-8-14(9-3-1)20-17-12-6-4-10-15(17)19-16-11-5-7-13-18(16)20/h10-21H,1-9H3;2*7-19H,1-6H3;3-15H,1-2H3;1-13,15,17H/q5*+1. The van der Waals surface area contributed by atoms with E-state index in [2.05, 4.69) is 541 Å². The number of hydrogen-bond donors (Lipinski definition) is 0. The van der Waals surface area contributed by atoms with Crippen LogP contribution in [0.4, 0.5) is 0 Å². The van der Waals surface area contributed by atoms with Crippen LogP contribution < -0.4 is 4.74 Å². The Hall–Kier alpha value is -9.89. The van der Waals surface area contributed by atoms with E-state index >= 15 is 0 Å². The summed E-state index contributed by atoms with van der Waals surface area (Å²) in [5.41, 5.74) is 13.6. The Morgan fingerprint density at radius 1 is 0.230 bits per heavy atom. The molecular weight excluding hydrogens is 1620 g/mol. The summed E-state index contributed by atoms with van der Waals surface area (Å²) in [5, 5.41) is 0.400. The van der Waals surface area contributed by atoms with E-state index in [9.17, 15) is 0 Å². The smallest absolute Gasteiger partial charge is 0.203 e. The van der Waals surface area contributed by atoms with Crippen LogP contribution >= 0.6 is 0 Å². The Morgan fingerprint density at radius 3 is 0.722 bits per heavy atom. The first-order valence-electron chi connectivity index (χ1n) is 44.7. The molecule has 646 valence electrons. The zero-order valence-electron chi connectivity index (χ0n) is 79.1. The Kier molecular flexibility index (Phi) is 31.3. The van der Waals surface area contributed by atoms with Crippen molar-refractivity contribution in [3.63, 3.8) is 0 Å². The summed E-state index contributed by atoms with van der Waals surface area (Å²) in [6, 6.07) is 134. The van der Waals surface area contributed by atoms with Crippen molar-refractivity contribution in [2.45, 2.75) is 277 Å². The molecule has 2 aliphatic rings. The highest BCUT2D eigenvalue weighted by atomic mass is 32.2. The summed E-state index contributed by atoms with van der Waals surface area (Å²) >= 11 is 0. The number of benzene rings is 14. The van der Waals surface area contributed by atoms with Crippen molar-refractivity contribution in [2.75, 3.05) is 0 Å². The fourth-order valence-electron chi connectivity index (χ4n) is 15.3. The minimum absolute atomic E-state index is 0.0345. The van der Waals surface area contributed by atoms with Crippen LogP contribution in [0, 0.1) is 13.8 Å². The molecule has 0 aromatic heterocycles. The van der Waals surface area contributed by atoms with Crippen LogP contribution in [0.5, 0.6) is 5.75 Å². The van der Waals surface area contributed by atoms with Crippen molar-refractivity contribution in [2.24, 2.45) is 0 Å². The van der Waals surface area contributed by atoms with Crippen molar-refractivity contribution in [1.82, 2.24) is 0 Å². The molecule has 16 rings (SSSR count). The molecule has 0 N–H and O–H groups in total. The number of para-hydroxylation sites is 1. The summed E-state index contributed by atoms with van der Waals surface area (Å²) < 4.78 is 6.16. The molecular formula is C120H135OS5+5. The average Bonchev–Trinajstić information content (AvgIpc) is 0.768.